The van der Waals surface area contributed by atoms with Gasteiger partial charge in [-0.3, -0.25) is 4.98 Å². The molecule has 1 radical (unpaired) electrons. The van der Waals surface area contributed by atoms with Crippen LogP contribution < -0.4 is 5.19 Å². The molecule has 5 nitrogen and oxygen atoms in total. The smallest absolute Gasteiger partial charge is 0.216 e. The molecular weight excluding hydrogens is 984 g/mol. The molecule has 0 bridgehead atoms. The average Bonchev–Trinajstić information content (AvgIpc) is 3.88. The van der Waals surface area contributed by atoms with Gasteiger partial charge in [0.2, 0.25) is 5.71 Å². The molecule has 10 aromatic rings. The Balaban J connectivity index is 0.000000279. The second-order valence-corrected chi connectivity index (χ2v) is 22.7. The third-order valence-corrected chi connectivity index (χ3v) is 13.6. The predicted octanol–water partition coefficient (Wildman–Crippen LogP) is 14.6. The number of imidazole rings is 1. The molecule has 10 rings (SSSR count). The molecule has 0 atom stereocenters. The maximum absolute atomic E-state index is 13.6. The minimum Gasteiger partial charge on any atom is -0.486 e. The molecule has 64 heavy (non-hydrogen) atoms. The largest absolute Gasteiger partial charge is 0.486 e. The van der Waals surface area contributed by atoms with E-state index in [2.05, 4.69) is 142 Å². The fourth-order valence-corrected chi connectivity index (χ4v) is 9.19. The van der Waals surface area contributed by atoms with Crippen LogP contribution in [0.1, 0.15) is 50.7 Å². The van der Waals surface area contributed by atoms with Gasteiger partial charge in [0.25, 0.3) is 0 Å². The molecule has 4 heterocycles. The number of hydrogen-bond acceptors (Lipinski definition) is 4. The Morgan fingerprint density at radius 3 is 1.97 bits per heavy atom. The number of hydrogen-bond donors (Lipinski definition) is 0. The summed E-state index contributed by atoms with van der Waals surface area (Å²) < 4.78 is 22.5. The predicted molar refractivity (Wildman–Crippen MR) is 261 cm³/mol. The first-order chi connectivity index (χ1) is 30.4. The number of furan rings is 1. The molecule has 6 aromatic carbocycles. The molecule has 4 aromatic heterocycles. The van der Waals surface area contributed by atoms with Gasteiger partial charge in [0.05, 0.1) is 36.2 Å². The Morgan fingerprint density at radius 2 is 1.31 bits per heavy atom. The fraction of sp³-hybridized carbons (Fsp3) is 0.161. The van der Waals surface area contributed by atoms with Crippen LogP contribution >= 0.6 is 0 Å². The van der Waals surface area contributed by atoms with E-state index < -0.39 is 8.07 Å². The number of aromatic nitrogens is 4. The van der Waals surface area contributed by atoms with Crippen LogP contribution in [0.3, 0.4) is 0 Å². The van der Waals surface area contributed by atoms with Crippen molar-refractivity contribution >= 4 is 46.4 Å². The van der Waals surface area contributed by atoms with Gasteiger partial charge in [-0.2, -0.15) is 0 Å². The van der Waals surface area contributed by atoms with Crippen LogP contribution in [0.25, 0.3) is 83.8 Å². The fourth-order valence-electron chi connectivity index (χ4n) is 8.16. The zero-order chi connectivity index (χ0) is 43.8. The Bertz CT molecular complexity index is 3180. The summed E-state index contributed by atoms with van der Waals surface area (Å²) in [4.78, 5) is 14.6. The molecule has 0 spiro atoms. The molecule has 321 valence electrons. The Hall–Kier alpha value is -6.31. The molecule has 8 heteroatoms. The Kier molecular flexibility index (Phi) is 12.8. The van der Waals surface area contributed by atoms with Crippen molar-refractivity contribution in [3.8, 4) is 50.7 Å². The number of halogens is 1. The van der Waals surface area contributed by atoms with Crippen molar-refractivity contribution in [3.05, 3.63) is 187 Å². The summed E-state index contributed by atoms with van der Waals surface area (Å²) in [5.74, 6) is 0.990. The minimum atomic E-state index is -1.23. The van der Waals surface area contributed by atoms with Crippen LogP contribution in [-0.4, -0.2) is 27.6 Å². The normalized spacial score (nSPS) is 11.6. The van der Waals surface area contributed by atoms with Crippen LogP contribution in [0.4, 0.5) is 4.39 Å². The van der Waals surface area contributed by atoms with Crippen molar-refractivity contribution in [3.63, 3.8) is 0 Å². The van der Waals surface area contributed by atoms with Crippen molar-refractivity contribution in [1.29, 1.82) is 0 Å². The number of nitrogens with zero attached hydrogens (tertiary/aromatic N) is 4. The maximum atomic E-state index is 13.6. The van der Waals surface area contributed by atoms with E-state index in [-0.39, 0.29) is 37.8 Å². The van der Waals surface area contributed by atoms with E-state index in [4.69, 9.17) is 14.4 Å². The van der Waals surface area contributed by atoms with Crippen molar-refractivity contribution < 1.29 is 28.9 Å². The van der Waals surface area contributed by atoms with Crippen molar-refractivity contribution in [2.24, 2.45) is 0 Å². The SMILES string of the molecule is CC(C)c1cc(-c2ccccc2)cc(C(C)C)c1-n1c(-c2[c-]ccc3c2oc2nc(-c4ccc(F)cc4)ccc23)nc2ccccc21.C[Si](C)(C)c1ccc(-c2[c-]cccc2)nc1.[Ir]. The zero-order valence-corrected chi connectivity index (χ0v) is 40.5. The third-order valence-electron chi connectivity index (χ3n) is 11.6. The van der Waals surface area contributed by atoms with Crippen LogP contribution in [0.5, 0.6) is 0 Å². The first-order valence-electron chi connectivity index (χ1n) is 21.6. The summed E-state index contributed by atoms with van der Waals surface area (Å²) in [6.07, 6.45) is 2.02. The van der Waals surface area contributed by atoms with Gasteiger partial charge in [0.15, 0.2) is 0 Å². The van der Waals surface area contributed by atoms with Gasteiger partial charge in [-0.25, -0.2) is 9.37 Å². The third kappa shape index (κ3) is 8.78. The van der Waals surface area contributed by atoms with Gasteiger partial charge >= 0.3 is 0 Å². The number of fused-ring (bicyclic) bond motifs is 4. The van der Waals surface area contributed by atoms with Gasteiger partial charge in [0.1, 0.15) is 5.82 Å². The van der Waals surface area contributed by atoms with Crippen molar-refractivity contribution in [2.75, 3.05) is 0 Å². The second kappa shape index (κ2) is 18.4. The van der Waals surface area contributed by atoms with Crippen molar-refractivity contribution in [1.82, 2.24) is 19.5 Å². The first kappa shape index (κ1) is 44.3. The van der Waals surface area contributed by atoms with Crippen LogP contribution in [0.2, 0.25) is 19.6 Å². The van der Waals surface area contributed by atoms with Crippen molar-refractivity contribution in [2.45, 2.75) is 59.2 Å². The van der Waals surface area contributed by atoms with E-state index in [0.717, 1.165) is 61.4 Å². The van der Waals surface area contributed by atoms with Gasteiger partial charge in [-0.05, 0) is 106 Å². The van der Waals surface area contributed by atoms with E-state index >= 15 is 0 Å². The summed E-state index contributed by atoms with van der Waals surface area (Å²) in [6.45, 7) is 16.0. The van der Waals surface area contributed by atoms with Crippen LogP contribution in [0, 0.1) is 17.9 Å². The monoisotopic (exact) mass is 1030 g/mol. The van der Waals surface area contributed by atoms with E-state index in [1.165, 1.54) is 39.6 Å². The minimum absolute atomic E-state index is 0. The molecule has 0 unspecified atom stereocenters. The first-order valence-corrected chi connectivity index (χ1v) is 25.1. The maximum Gasteiger partial charge on any atom is 0.216 e. The van der Waals surface area contributed by atoms with E-state index in [1.807, 2.05) is 60.8 Å². The molecular formula is C56H49FIrN4OSi-2. The second-order valence-electron chi connectivity index (χ2n) is 17.7. The summed E-state index contributed by atoms with van der Waals surface area (Å²) in [7, 11) is -1.23. The van der Waals surface area contributed by atoms with Crippen LogP contribution in [-0.2, 0) is 20.1 Å². The molecule has 0 aliphatic heterocycles. The summed E-state index contributed by atoms with van der Waals surface area (Å²) in [6, 6.07) is 56.8. The molecule has 0 N–H and O–H groups in total. The van der Waals surface area contributed by atoms with E-state index in [9.17, 15) is 4.39 Å². The summed E-state index contributed by atoms with van der Waals surface area (Å²) in [5, 5.41) is 3.24. The van der Waals surface area contributed by atoms with E-state index in [0.29, 0.717) is 11.3 Å². The summed E-state index contributed by atoms with van der Waals surface area (Å²) >= 11 is 0. The Labute approximate surface area is 389 Å². The van der Waals surface area contributed by atoms with E-state index in [1.54, 1.807) is 12.1 Å². The molecule has 0 aliphatic carbocycles. The molecule has 0 saturated heterocycles. The van der Waals surface area contributed by atoms with Gasteiger partial charge < -0.3 is 14.0 Å². The standard InChI is InChI=1S/C42H33FN3O.C14H16NSi.Ir/c1-25(2)34-23-29(27-11-6-5-7-12-27)24-35(26(3)4)39(34)46-38-16-9-8-15-37(38)44-41(46)33-14-10-13-31-32-21-22-36(45-42(32)47-40(31)33)28-17-19-30(43)20-18-28;1-16(2,3)13-9-10-14(15-11-13)12-7-5-4-6-8-12;/h5-13,15-26H,1-4H3;4-7,9-11H,1-3H3;/q2*-1;. The number of rotatable bonds is 8. The zero-order valence-electron chi connectivity index (χ0n) is 37.1. The molecule has 0 saturated carbocycles. The Morgan fingerprint density at radius 1 is 0.625 bits per heavy atom. The molecule has 0 fully saturated rings. The topological polar surface area (TPSA) is 56.7 Å². The molecule has 0 amide bonds. The van der Waals surface area contributed by atoms with Crippen LogP contribution in [0.15, 0.2) is 162 Å². The average molecular weight is 1030 g/mol. The van der Waals surface area contributed by atoms with Gasteiger partial charge in [-0.1, -0.05) is 113 Å². The molecule has 0 aliphatic rings. The number of para-hydroxylation sites is 2. The van der Waals surface area contributed by atoms with Gasteiger partial charge in [-0.15, -0.1) is 54.1 Å². The number of benzene rings is 6. The summed E-state index contributed by atoms with van der Waals surface area (Å²) in [5.41, 5.74) is 13.6. The van der Waals surface area contributed by atoms with Gasteiger partial charge in [0, 0.05) is 42.9 Å². The quantitative estimate of drug-likeness (QED) is 0.112. The number of pyridine rings is 2.